The summed E-state index contributed by atoms with van der Waals surface area (Å²) in [5.41, 5.74) is 5.68. The lowest BCUT2D eigenvalue weighted by atomic mass is 10.2. The fourth-order valence-corrected chi connectivity index (χ4v) is 2.00. The van der Waals surface area contributed by atoms with Crippen molar-refractivity contribution in [2.75, 3.05) is 5.43 Å². The molecular weight excluding hydrogens is 296 g/mol. The summed E-state index contributed by atoms with van der Waals surface area (Å²) in [7, 11) is 0. The number of hydrogen-bond acceptors (Lipinski definition) is 3. The van der Waals surface area contributed by atoms with Gasteiger partial charge in [0.1, 0.15) is 11.4 Å². The first-order chi connectivity index (χ1) is 10.3. The molecule has 0 amide bonds. The van der Waals surface area contributed by atoms with E-state index in [9.17, 15) is 0 Å². The van der Waals surface area contributed by atoms with Gasteiger partial charge in [0.2, 0.25) is 0 Å². The summed E-state index contributed by atoms with van der Waals surface area (Å²) < 4.78 is 5.78. The van der Waals surface area contributed by atoms with Crippen LogP contribution in [-0.2, 0) is 0 Å². The summed E-state index contributed by atoms with van der Waals surface area (Å²) in [4.78, 5) is 0. The molecule has 0 radical (unpaired) electrons. The normalized spacial score (nSPS) is 11.7. The Balaban J connectivity index is 1.97. The van der Waals surface area contributed by atoms with Crippen LogP contribution in [0.3, 0.4) is 0 Å². The van der Waals surface area contributed by atoms with Gasteiger partial charge in [-0.15, -0.1) is 0 Å². The van der Waals surface area contributed by atoms with Crippen LogP contribution in [0.4, 0.5) is 5.69 Å². The molecule has 0 aliphatic rings. The Morgan fingerprint density at radius 1 is 1.09 bits per heavy atom. The zero-order valence-electron chi connectivity index (χ0n) is 13.4. The van der Waals surface area contributed by atoms with Gasteiger partial charge in [0.05, 0.1) is 11.9 Å². The topological polar surface area (TPSA) is 33.6 Å². The second-order valence-electron chi connectivity index (χ2n) is 6.12. The molecule has 0 unspecified atom stereocenters. The SMILES string of the molecule is Cc1ccc(N/N=C/c2ccc(OC(C)(C)C)cc2)cc1Cl. The van der Waals surface area contributed by atoms with Gasteiger partial charge in [-0.3, -0.25) is 5.43 Å². The first-order valence-electron chi connectivity index (χ1n) is 7.18. The van der Waals surface area contributed by atoms with Gasteiger partial charge in [-0.25, -0.2) is 0 Å². The largest absolute Gasteiger partial charge is 0.488 e. The molecule has 0 saturated heterocycles. The molecule has 1 N–H and O–H groups in total. The lowest BCUT2D eigenvalue weighted by Gasteiger charge is -2.21. The fraction of sp³-hybridized carbons (Fsp3) is 0.278. The third-order valence-corrected chi connectivity index (χ3v) is 3.29. The fourth-order valence-electron chi connectivity index (χ4n) is 1.82. The summed E-state index contributed by atoms with van der Waals surface area (Å²) in [6.07, 6.45) is 1.76. The van der Waals surface area contributed by atoms with E-state index in [2.05, 4.69) is 10.5 Å². The van der Waals surface area contributed by atoms with Gasteiger partial charge in [0.25, 0.3) is 0 Å². The molecule has 0 spiro atoms. The number of hydrazone groups is 1. The first kappa shape index (κ1) is 16.4. The van der Waals surface area contributed by atoms with Crippen molar-refractivity contribution in [2.24, 2.45) is 5.10 Å². The molecule has 0 bridgehead atoms. The molecule has 0 aliphatic carbocycles. The number of nitrogens with zero attached hydrogens (tertiary/aromatic N) is 1. The van der Waals surface area contributed by atoms with E-state index in [1.165, 1.54) is 0 Å². The number of aryl methyl sites for hydroxylation is 1. The summed E-state index contributed by atoms with van der Waals surface area (Å²) in [6.45, 7) is 8.05. The van der Waals surface area contributed by atoms with Crippen LogP contribution in [0.1, 0.15) is 31.9 Å². The van der Waals surface area contributed by atoms with Crippen molar-refractivity contribution in [1.82, 2.24) is 0 Å². The highest BCUT2D eigenvalue weighted by molar-refractivity contribution is 6.31. The number of nitrogens with one attached hydrogen (secondary N) is 1. The van der Waals surface area contributed by atoms with E-state index in [-0.39, 0.29) is 5.60 Å². The molecule has 2 aromatic rings. The van der Waals surface area contributed by atoms with Crippen LogP contribution in [0, 0.1) is 6.92 Å². The molecule has 116 valence electrons. The van der Waals surface area contributed by atoms with E-state index >= 15 is 0 Å². The van der Waals surface area contributed by atoms with Gasteiger partial charge < -0.3 is 4.74 Å². The molecule has 0 heterocycles. The standard InChI is InChI=1S/C18H21ClN2O/c1-13-5-8-15(11-17(13)19)21-20-12-14-6-9-16(10-7-14)22-18(2,3)4/h5-12,21H,1-4H3/b20-12+. The second-order valence-corrected chi connectivity index (χ2v) is 6.52. The number of halogens is 1. The maximum absolute atomic E-state index is 6.07. The monoisotopic (exact) mass is 316 g/mol. The van der Waals surface area contributed by atoms with Crippen molar-refractivity contribution in [3.8, 4) is 5.75 Å². The summed E-state index contributed by atoms with van der Waals surface area (Å²) in [5, 5.41) is 4.94. The molecule has 0 saturated carbocycles. The number of hydrogen-bond donors (Lipinski definition) is 1. The van der Waals surface area contributed by atoms with E-state index in [1.54, 1.807) is 6.21 Å². The summed E-state index contributed by atoms with van der Waals surface area (Å²) in [6, 6.07) is 13.6. The molecular formula is C18H21ClN2O. The van der Waals surface area contributed by atoms with Crippen LogP contribution in [0.5, 0.6) is 5.75 Å². The Morgan fingerprint density at radius 2 is 1.77 bits per heavy atom. The van der Waals surface area contributed by atoms with Crippen LogP contribution < -0.4 is 10.2 Å². The van der Waals surface area contributed by atoms with Crippen molar-refractivity contribution in [3.05, 3.63) is 58.6 Å². The Labute approximate surface area is 137 Å². The maximum atomic E-state index is 6.07. The number of benzene rings is 2. The van der Waals surface area contributed by atoms with Gasteiger partial charge in [-0.1, -0.05) is 17.7 Å². The predicted molar refractivity (Wildman–Crippen MR) is 94.2 cm³/mol. The smallest absolute Gasteiger partial charge is 0.120 e. The summed E-state index contributed by atoms with van der Waals surface area (Å²) >= 11 is 6.07. The third-order valence-electron chi connectivity index (χ3n) is 2.88. The van der Waals surface area contributed by atoms with Gasteiger partial charge in [0.15, 0.2) is 0 Å². The zero-order chi connectivity index (χ0) is 16.2. The van der Waals surface area contributed by atoms with Crippen LogP contribution in [0.25, 0.3) is 0 Å². The minimum absolute atomic E-state index is 0.193. The van der Waals surface area contributed by atoms with Gasteiger partial charge in [-0.05, 0) is 75.2 Å². The van der Waals surface area contributed by atoms with Crippen LogP contribution in [0.2, 0.25) is 5.02 Å². The van der Waals surface area contributed by atoms with Gasteiger partial charge in [0, 0.05) is 5.02 Å². The van der Waals surface area contributed by atoms with Gasteiger partial charge >= 0.3 is 0 Å². The minimum Gasteiger partial charge on any atom is -0.488 e. The highest BCUT2D eigenvalue weighted by Gasteiger charge is 2.10. The van der Waals surface area contributed by atoms with Crippen molar-refractivity contribution < 1.29 is 4.74 Å². The Kier molecular flexibility index (Phi) is 5.09. The number of ether oxygens (including phenoxy) is 1. The van der Waals surface area contributed by atoms with Crippen molar-refractivity contribution in [3.63, 3.8) is 0 Å². The first-order valence-corrected chi connectivity index (χ1v) is 7.56. The Bertz CT molecular complexity index is 658. The Morgan fingerprint density at radius 3 is 2.36 bits per heavy atom. The molecule has 0 fully saturated rings. The van der Waals surface area contributed by atoms with Crippen molar-refractivity contribution >= 4 is 23.5 Å². The molecule has 0 atom stereocenters. The van der Waals surface area contributed by atoms with E-state index in [0.29, 0.717) is 0 Å². The van der Waals surface area contributed by atoms with Crippen molar-refractivity contribution in [2.45, 2.75) is 33.3 Å². The highest BCUT2D eigenvalue weighted by Crippen LogP contribution is 2.20. The molecule has 2 rings (SSSR count). The van der Waals surface area contributed by atoms with Gasteiger partial charge in [-0.2, -0.15) is 5.10 Å². The molecule has 22 heavy (non-hydrogen) atoms. The highest BCUT2D eigenvalue weighted by atomic mass is 35.5. The Hall–Kier alpha value is -2.00. The second kappa shape index (κ2) is 6.84. The lowest BCUT2D eigenvalue weighted by Crippen LogP contribution is -2.22. The number of anilines is 1. The van der Waals surface area contributed by atoms with E-state index in [4.69, 9.17) is 16.3 Å². The third kappa shape index (κ3) is 5.08. The summed E-state index contributed by atoms with van der Waals surface area (Å²) in [5.74, 6) is 0.850. The van der Waals surface area contributed by atoms with E-state index in [0.717, 1.165) is 27.6 Å². The zero-order valence-corrected chi connectivity index (χ0v) is 14.1. The minimum atomic E-state index is -0.193. The molecule has 0 aliphatic heterocycles. The average molecular weight is 317 g/mol. The molecule has 0 aromatic heterocycles. The van der Waals surface area contributed by atoms with E-state index in [1.807, 2.05) is 70.2 Å². The predicted octanol–water partition coefficient (Wildman–Crippen LogP) is 5.27. The van der Waals surface area contributed by atoms with E-state index < -0.39 is 0 Å². The quantitative estimate of drug-likeness (QED) is 0.615. The lowest BCUT2D eigenvalue weighted by molar-refractivity contribution is 0.131. The molecule has 2 aromatic carbocycles. The number of rotatable bonds is 4. The van der Waals surface area contributed by atoms with Crippen LogP contribution >= 0.6 is 11.6 Å². The maximum Gasteiger partial charge on any atom is 0.120 e. The molecule has 4 heteroatoms. The molecule has 3 nitrogen and oxygen atoms in total. The van der Waals surface area contributed by atoms with Crippen LogP contribution in [0.15, 0.2) is 47.6 Å². The van der Waals surface area contributed by atoms with Crippen molar-refractivity contribution in [1.29, 1.82) is 0 Å². The van der Waals surface area contributed by atoms with Crippen LogP contribution in [-0.4, -0.2) is 11.8 Å². The average Bonchev–Trinajstić information content (AvgIpc) is 2.43.